The number of anilines is 2. The number of phenols is 1. The smallest absolute Gasteiger partial charge is 0.146 e. The highest BCUT2D eigenvalue weighted by atomic mass is 16.3. The van der Waals surface area contributed by atoms with Crippen molar-refractivity contribution in [3.8, 4) is 5.75 Å². The van der Waals surface area contributed by atoms with Crippen LogP contribution in [0.1, 0.15) is 22.3 Å². The van der Waals surface area contributed by atoms with Crippen LogP contribution < -0.4 is 9.80 Å². The summed E-state index contributed by atoms with van der Waals surface area (Å²) in [6, 6.07) is 22.8. The molecule has 0 amide bonds. The Morgan fingerprint density at radius 1 is 0.824 bits per heavy atom. The molecule has 0 saturated carbocycles. The molecule has 5 rings (SSSR count). The maximum absolute atomic E-state index is 10.7. The highest BCUT2D eigenvalue weighted by Gasteiger charge is 2.21. The van der Waals surface area contributed by atoms with E-state index >= 15 is 0 Å². The summed E-state index contributed by atoms with van der Waals surface area (Å²) in [5.41, 5.74) is 7.00. The molecule has 2 aliphatic rings. The fourth-order valence-corrected chi connectivity index (χ4v) is 4.83. The number of rotatable bonds is 6. The van der Waals surface area contributed by atoms with Gasteiger partial charge in [-0.05, 0) is 78.6 Å². The molecule has 0 radical (unpaired) electrons. The van der Waals surface area contributed by atoms with Gasteiger partial charge in [0.2, 0.25) is 0 Å². The van der Waals surface area contributed by atoms with Gasteiger partial charge in [-0.3, -0.25) is 0 Å². The van der Waals surface area contributed by atoms with Crippen molar-refractivity contribution < 1.29 is 10.2 Å². The quantitative estimate of drug-likeness (QED) is 0.581. The van der Waals surface area contributed by atoms with Crippen LogP contribution in [0, 0.1) is 0 Å². The number of hydrogen-bond acceptors (Lipinski definition) is 5. The van der Waals surface area contributed by atoms with E-state index in [0.29, 0.717) is 6.54 Å². The van der Waals surface area contributed by atoms with Crippen molar-refractivity contribution in [1.29, 1.82) is 0 Å². The number of benzene rings is 3. The summed E-state index contributed by atoms with van der Waals surface area (Å²) in [4.78, 5) is 6.83. The minimum Gasteiger partial charge on any atom is -0.508 e. The van der Waals surface area contributed by atoms with E-state index in [4.69, 9.17) is 0 Å². The van der Waals surface area contributed by atoms with Crippen LogP contribution in [0.2, 0.25) is 0 Å². The number of aromatic hydroxyl groups is 1. The van der Waals surface area contributed by atoms with Gasteiger partial charge in [-0.25, -0.2) is 0 Å². The molecular formula is C29H33N3O2. The molecule has 0 aromatic heterocycles. The first kappa shape index (κ1) is 22.5. The molecule has 5 nitrogen and oxygen atoms in total. The zero-order chi connectivity index (χ0) is 23.5. The predicted molar refractivity (Wildman–Crippen MR) is 139 cm³/mol. The minimum absolute atomic E-state index is 0.243. The van der Waals surface area contributed by atoms with Gasteiger partial charge < -0.3 is 24.9 Å². The van der Waals surface area contributed by atoms with E-state index in [1.54, 1.807) is 12.1 Å². The lowest BCUT2D eigenvalue weighted by Crippen LogP contribution is -2.44. The molecule has 0 spiro atoms. The van der Waals surface area contributed by atoms with E-state index in [9.17, 15) is 10.2 Å². The zero-order valence-electron chi connectivity index (χ0n) is 19.8. The predicted octanol–water partition coefficient (Wildman–Crippen LogP) is 4.28. The molecule has 2 aliphatic heterocycles. The van der Waals surface area contributed by atoms with Gasteiger partial charge in [-0.15, -0.1) is 0 Å². The molecule has 34 heavy (non-hydrogen) atoms. The van der Waals surface area contributed by atoms with Gasteiger partial charge in [0.15, 0.2) is 0 Å². The number of fused-ring (bicyclic) bond motifs is 1. The fourth-order valence-electron chi connectivity index (χ4n) is 4.83. The van der Waals surface area contributed by atoms with Crippen molar-refractivity contribution in [3.63, 3.8) is 0 Å². The summed E-state index contributed by atoms with van der Waals surface area (Å²) in [5.74, 6) is 0.243. The number of nitrogens with zero attached hydrogens (tertiary/aromatic N) is 3. The lowest BCUT2D eigenvalue weighted by Gasteiger charge is -2.34. The topological polar surface area (TPSA) is 50.2 Å². The first-order valence-corrected chi connectivity index (χ1v) is 12.1. The number of hydrogen-bond donors (Lipinski definition) is 2. The molecule has 5 heteroatoms. The van der Waals surface area contributed by atoms with Crippen LogP contribution in [0.5, 0.6) is 5.75 Å². The summed E-state index contributed by atoms with van der Waals surface area (Å²) in [6.45, 7) is 4.94. The summed E-state index contributed by atoms with van der Waals surface area (Å²) in [6.07, 6.45) is 5.03. The summed E-state index contributed by atoms with van der Waals surface area (Å²) in [5, 5.41) is 20.5. The van der Waals surface area contributed by atoms with Crippen LogP contribution in [-0.2, 0) is 19.4 Å². The second kappa shape index (κ2) is 9.92. The SMILES string of the molecule is CN1CCN(c2ccc(CCc3ccc4c(c3)N(Cc3cccc(O)c3)C(O)C=C4)cc2)CC1. The third-order valence-electron chi connectivity index (χ3n) is 6.94. The third-order valence-corrected chi connectivity index (χ3v) is 6.94. The van der Waals surface area contributed by atoms with E-state index < -0.39 is 6.23 Å². The van der Waals surface area contributed by atoms with Gasteiger partial charge in [0.05, 0.1) is 0 Å². The monoisotopic (exact) mass is 455 g/mol. The van der Waals surface area contributed by atoms with Crippen LogP contribution in [0.25, 0.3) is 6.08 Å². The van der Waals surface area contributed by atoms with Crippen LogP contribution in [0.4, 0.5) is 11.4 Å². The Balaban J connectivity index is 1.26. The maximum atomic E-state index is 10.7. The van der Waals surface area contributed by atoms with E-state index in [2.05, 4.69) is 59.3 Å². The number of phenolic OH excluding ortho intramolecular Hbond substituents is 1. The van der Waals surface area contributed by atoms with Crippen molar-refractivity contribution >= 4 is 17.5 Å². The van der Waals surface area contributed by atoms with Gasteiger partial charge in [-0.1, -0.05) is 42.5 Å². The standard InChI is InChI=1S/C29H33N3O2/c1-30-15-17-31(18-16-30)26-12-8-22(9-13-26)5-6-23-7-10-25-11-14-29(34)32(28(25)20-23)21-24-3-2-4-27(33)19-24/h2-4,7-14,19-20,29,33-34H,5-6,15-18,21H2,1H3. The number of piperazine rings is 1. The zero-order valence-corrected chi connectivity index (χ0v) is 19.8. The molecule has 0 aliphatic carbocycles. The Kier molecular flexibility index (Phi) is 6.57. The summed E-state index contributed by atoms with van der Waals surface area (Å²) >= 11 is 0. The molecule has 1 fully saturated rings. The first-order chi connectivity index (χ1) is 16.5. The molecule has 1 unspecified atom stereocenters. The van der Waals surface area contributed by atoms with Gasteiger partial charge >= 0.3 is 0 Å². The average molecular weight is 456 g/mol. The molecule has 3 aromatic rings. The molecule has 3 aromatic carbocycles. The highest BCUT2D eigenvalue weighted by Crippen LogP contribution is 2.32. The van der Waals surface area contributed by atoms with Crippen LogP contribution in [0.3, 0.4) is 0 Å². The van der Waals surface area contributed by atoms with E-state index in [-0.39, 0.29) is 5.75 Å². The fraction of sp³-hybridized carbons (Fsp3) is 0.310. The van der Waals surface area contributed by atoms with Gasteiger partial charge in [0.25, 0.3) is 0 Å². The van der Waals surface area contributed by atoms with E-state index in [0.717, 1.165) is 55.8 Å². The second-order valence-electron chi connectivity index (χ2n) is 9.42. The molecule has 1 saturated heterocycles. The number of likely N-dealkylation sites (N-methyl/N-ethyl adjacent to an activating group) is 1. The van der Waals surface area contributed by atoms with Crippen LogP contribution in [-0.4, -0.2) is 54.6 Å². The molecule has 0 bridgehead atoms. The summed E-state index contributed by atoms with van der Waals surface area (Å²) < 4.78 is 0. The van der Waals surface area contributed by atoms with Gasteiger partial charge in [-0.2, -0.15) is 0 Å². The van der Waals surface area contributed by atoms with Crippen LogP contribution >= 0.6 is 0 Å². The lowest BCUT2D eigenvalue weighted by atomic mass is 9.99. The average Bonchev–Trinajstić information content (AvgIpc) is 2.85. The molecule has 1 atom stereocenters. The van der Waals surface area contributed by atoms with Crippen molar-refractivity contribution in [2.45, 2.75) is 25.6 Å². The largest absolute Gasteiger partial charge is 0.508 e. The van der Waals surface area contributed by atoms with Crippen molar-refractivity contribution in [2.24, 2.45) is 0 Å². The van der Waals surface area contributed by atoms with Gasteiger partial charge in [0, 0.05) is 44.1 Å². The highest BCUT2D eigenvalue weighted by molar-refractivity contribution is 5.72. The van der Waals surface area contributed by atoms with Crippen molar-refractivity contribution in [1.82, 2.24) is 4.90 Å². The molecule has 176 valence electrons. The first-order valence-electron chi connectivity index (χ1n) is 12.1. The second-order valence-corrected chi connectivity index (χ2v) is 9.42. The van der Waals surface area contributed by atoms with Crippen molar-refractivity contribution in [3.05, 3.63) is 95.1 Å². The number of aryl methyl sites for hydroxylation is 2. The molecule has 2 heterocycles. The Hall–Kier alpha value is -3.28. The van der Waals surface area contributed by atoms with Gasteiger partial charge in [0.1, 0.15) is 12.0 Å². The minimum atomic E-state index is -0.688. The van der Waals surface area contributed by atoms with Crippen molar-refractivity contribution in [2.75, 3.05) is 43.0 Å². The Labute approximate surface area is 202 Å². The van der Waals surface area contributed by atoms with E-state index in [1.807, 2.05) is 29.2 Å². The number of aliphatic hydroxyl groups excluding tert-OH is 1. The normalized spacial score (nSPS) is 18.2. The number of aliphatic hydroxyl groups is 1. The molecular weight excluding hydrogens is 422 g/mol. The molecule has 2 N–H and O–H groups in total. The Bertz CT molecular complexity index is 1150. The summed E-state index contributed by atoms with van der Waals surface area (Å²) in [7, 11) is 2.18. The third kappa shape index (κ3) is 5.11. The maximum Gasteiger partial charge on any atom is 0.146 e. The lowest BCUT2D eigenvalue weighted by molar-refractivity contribution is 0.214. The Morgan fingerprint density at radius 2 is 1.56 bits per heavy atom. The van der Waals surface area contributed by atoms with E-state index in [1.165, 1.54) is 16.8 Å². The Morgan fingerprint density at radius 3 is 2.32 bits per heavy atom. The van der Waals surface area contributed by atoms with Crippen LogP contribution in [0.15, 0.2) is 72.8 Å².